The molecule has 2 aromatic heterocycles. The van der Waals surface area contributed by atoms with Gasteiger partial charge < -0.3 is 9.67 Å². The molecule has 0 unspecified atom stereocenters. The minimum absolute atomic E-state index is 0.130. The zero-order valence-electron chi connectivity index (χ0n) is 8.66. The fourth-order valence-electron chi connectivity index (χ4n) is 1.40. The summed E-state index contributed by atoms with van der Waals surface area (Å²) < 4.78 is 1.67. The van der Waals surface area contributed by atoms with Gasteiger partial charge in [-0.05, 0) is 12.1 Å². The van der Waals surface area contributed by atoms with Crippen LogP contribution in [-0.4, -0.2) is 30.8 Å². The molecular weight excluding hydrogens is 208 g/mol. The van der Waals surface area contributed by atoms with Crippen LogP contribution in [0.4, 0.5) is 0 Å². The predicted molar refractivity (Wildman–Crippen MR) is 55.6 cm³/mol. The number of hydrogen-bond acceptors (Lipinski definition) is 4. The lowest BCUT2D eigenvalue weighted by molar-refractivity contribution is -0.136. The third-order valence-corrected chi connectivity index (χ3v) is 2.21. The van der Waals surface area contributed by atoms with Crippen LogP contribution in [0, 0.1) is 0 Å². The molecular formula is C10H10N4O2. The van der Waals surface area contributed by atoms with Crippen LogP contribution in [0.3, 0.4) is 0 Å². The molecule has 2 aromatic rings. The van der Waals surface area contributed by atoms with Gasteiger partial charge in [-0.25, -0.2) is 0 Å². The highest BCUT2D eigenvalue weighted by atomic mass is 16.4. The van der Waals surface area contributed by atoms with Gasteiger partial charge in [-0.3, -0.25) is 9.78 Å². The fourth-order valence-corrected chi connectivity index (χ4v) is 1.40. The summed E-state index contributed by atoms with van der Waals surface area (Å²) in [6.07, 6.45) is 3.18. The molecule has 82 valence electrons. The van der Waals surface area contributed by atoms with Crippen LogP contribution in [0.15, 0.2) is 24.5 Å². The first-order valence-corrected chi connectivity index (χ1v) is 4.69. The summed E-state index contributed by atoms with van der Waals surface area (Å²) >= 11 is 0. The Hall–Kier alpha value is -2.24. The monoisotopic (exact) mass is 218 g/mol. The molecule has 0 amide bonds. The zero-order chi connectivity index (χ0) is 11.5. The Kier molecular flexibility index (Phi) is 2.63. The lowest BCUT2D eigenvalue weighted by atomic mass is 10.2. The lowest BCUT2D eigenvalue weighted by Crippen LogP contribution is -2.07. The van der Waals surface area contributed by atoms with Gasteiger partial charge in [-0.15, -0.1) is 10.2 Å². The average Bonchev–Trinajstić information content (AvgIpc) is 2.61. The normalized spacial score (nSPS) is 10.3. The maximum absolute atomic E-state index is 10.6. The number of rotatable bonds is 3. The van der Waals surface area contributed by atoms with Gasteiger partial charge in [-0.1, -0.05) is 0 Å². The summed E-state index contributed by atoms with van der Waals surface area (Å²) in [7, 11) is 1.74. The summed E-state index contributed by atoms with van der Waals surface area (Å²) in [5.74, 6) is 0.148. The quantitative estimate of drug-likeness (QED) is 0.811. The molecule has 2 rings (SSSR count). The van der Waals surface area contributed by atoms with Crippen LogP contribution in [-0.2, 0) is 18.3 Å². The Morgan fingerprint density at radius 2 is 2.06 bits per heavy atom. The molecule has 0 aromatic carbocycles. The van der Waals surface area contributed by atoms with Gasteiger partial charge >= 0.3 is 5.97 Å². The molecule has 0 bridgehead atoms. The highest BCUT2D eigenvalue weighted by Crippen LogP contribution is 2.15. The second-order valence-corrected chi connectivity index (χ2v) is 3.31. The van der Waals surface area contributed by atoms with Gasteiger partial charge in [0.2, 0.25) is 0 Å². The molecule has 16 heavy (non-hydrogen) atoms. The van der Waals surface area contributed by atoms with Crippen LogP contribution in [0.1, 0.15) is 5.82 Å². The second-order valence-electron chi connectivity index (χ2n) is 3.31. The van der Waals surface area contributed by atoms with Gasteiger partial charge in [0.25, 0.3) is 0 Å². The Bertz CT molecular complexity index is 507. The minimum Gasteiger partial charge on any atom is -0.481 e. The number of pyridine rings is 1. The maximum Gasteiger partial charge on any atom is 0.311 e. The van der Waals surface area contributed by atoms with E-state index in [1.165, 1.54) is 0 Å². The molecule has 0 aliphatic carbocycles. The van der Waals surface area contributed by atoms with Gasteiger partial charge in [0.05, 0.1) is 0 Å². The van der Waals surface area contributed by atoms with Crippen molar-refractivity contribution in [3.05, 3.63) is 30.4 Å². The van der Waals surface area contributed by atoms with E-state index in [4.69, 9.17) is 5.11 Å². The first kappa shape index (κ1) is 10.3. The summed E-state index contributed by atoms with van der Waals surface area (Å²) in [6, 6.07) is 3.60. The molecule has 0 saturated heterocycles. The van der Waals surface area contributed by atoms with E-state index in [0.717, 1.165) is 5.56 Å². The number of carboxylic acids is 1. The van der Waals surface area contributed by atoms with E-state index in [1.54, 1.807) is 36.1 Å². The molecule has 6 heteroatoms. The molecule has 6 nitrogen and oxygen atoms in total. The van der Waals surface area contributed by atoms with Crippen LogP contribution in [0.25, 0.3) is 11.4 Å². The van der Waals surface area contributed by atoms with Crippen molar-refractivity contribution in [2.24, 2.45) is 7.05 Å². The van der Waals surface area contributed by atoms with Crippen molar-refractivity contribution >= 4 is 5.97 Å². The number of aliphatic carboxylic acids is 1. The molecule has 0 spiro atoms. The number of carbonyl (C=O) groups is 1. The lowest BCUT2D eigenvalue weighted by Gasteiger charge is -2.01. The fraction of sp³-hybridized carbons (Fsp3) is 0.200. The molecule has 0 aliphatic heterocycles. The van der Waals surface area contributed by atoms with E-state index in [0.29, 0.717) is 11.6 Å². The van der Waals surface area contributed by atoms with Crippen molar-refractivity contribution in [2.75, 3.05) is 0 Å². The Morgan fingerprint density at radius 3 is 2.69 bits per heavy atom. The van der Waals surface area contributed by atoms with E-state index >= 15 is 0 Å². The zero-order valence-corrected chi connectivity index (χ0v) is 8.66. The van der Waals surface area contributed by atoms with Crippen LogP contribution in [0.2, 0.25) is 0 Å². The molecule has 0 radical (unpaired) electrons. The highest BCUT2D eigenvalue weighted by molar-refractivity contribution is 5.69. The van der Waals surface area contributed by atoms with E-state index in [-0.39, 0.29) is 6.42 Å². The summed E-state index contributed by atoms with van der Waals surface area (Å²) in [6.45, 7) is 0. The molecule has 0 atom stereocenters. The van der Waals surface area contributed by atoms with Crippen molar-refractivity contribution < 1.29 is 9.90 Å². The van der Waals surface area contributed by atoms with Crippen molar-refractivity contribution in [3.63, 3.8) is 0 Å². The van der Waals surface area contributed by atoms with E-state index in [9.17, 15) is 4.79 Å². The van der Waals surface area contributed by atoms with Gasteiger partial charge in [0, 0.05) is 25.0 Å². The Labute approximate surface area is 91.6 Å². The third kappa shape index (κ3) is 1.90. The van der Waals surface area contributed by atoms with Crippen LogP contribution < -0.4 is 0 Å². The highest BCUT2D eigenvalue weighted by Gasteiger charge is 2.12. The van der Waals surface area contributed by atoms with Gasteiger partial charge in [-0.2, -0.15) is 0 Å². The average molecular weight is 218 g/mol. The number of hydrogen-bond donors (Lipinski definition) is 1. The third-order valence-electron chi connectivity index (χ3n) is 2.21. The topological polar surface area (TPSA) is 80.9 Å². The summed E-state index contributed by atoms with van der Waals surface area (Å²) in [5.41, 5.74) is 0.863. The van der Waals surface area contributed by atoms with E-state index in [1.807, 2.05) is 0 Å². The Balaban J connectivity index is 2.37. The maximum atomic E-state index is 10.6. The van der Waals surface area contributed by atoms with E-state index in [2.05, 4.69) is 15.2 Å². The van der Waals surface area contributed by atoms with Crippen molar-refractivity contribution in [2.45, 2.75) is 6.42 Å². The van der Waals surface area contributed by atoms with Gasteiger partial charge in [0.15, 0.2) is 5.82 Å². The summed E-state index contributed by atoms with van der Waals surface area (Å²) in [4.78, 5) is 14.5. The van der Waals surface area contributed by atoms with Crippen LogP contribution in [0.5, 0.6) is 0 Å². The first-order valence-electron chi connectivity index (χ1n) is 4.69. The minimum atomic E-state index is -0.920. The molecule has 0 aliphatic rings. The number of aromatic nitrogens is 4. The molecule has 2 heterocycles. The molecule has 0 saturated carbocycles. The number of carboxylic acid groups (broad SMARTS) is 1. The van der Waals surface area contributed by atoms with Crippen LogP contribution >= 0.6 is 0 Å². The Morgan fingerprint density at radius 1 is 1.38 bits per heavy atom. The van der Waals surface area contributed by atoms with Crippen molar-refractivity contribution in [1.82, 2.24) is 19.7 Å². The summed E-state index contributed by atoms with van der Waals surface area (Å²) in [5, 5.41) is 16.5. The smallest absolute Gasteiger partial charge is 0.311 e. The largest absolute Gasteiger partial charge is 0.481 e. The first-order chi connectivity index (χ1) is 7.68. The van der Waals surface area contributed by atoms with Crippen molar-refractivity contribution in [1.29, 1.82) is 0 Å². The van der Waals surface area contributed by atoms with Crippen molar-refractivity contribution in [3.8, 4) is 11.4 Å². The molecule has 0 fully saturated rings. The number of nitrogens with zero attached hydrogens (tertiary/aromatic N) is 4. The standard InChI is InChI=1S/C10H10N4O2/c1-14-8(6-9(15)16)12-13-10(14)7-2-4-11-5-3-7/h2-5H,6H2,1H3,(H,15,16). The SMILES string of the molecule is Cn1c(CC(=O)O)nnc1-c1ccncc1. The van der Waals surface area contributed by atoms with E-state index < -0.39 is 5.97 Å². The molecule has 1 N–H and O–H groups in total. The predicted octanol–water partition coefficient (Wildman–Crippen LogP) is 0.504. The second kappa shape index (κ2) is 4.09. The van der Waals surface area contributed by atoms with Gasteiger partial charge in [0.1, 0.15) is 12.2 Å².